The van der Waals surface area contributed by atoms with Crippen LogP contribution in [-0.4, -0.2) is 38.0 Å². The zero-order chi connectivity index (χ0) is 27.3. The maximum Gasteiger partial charge on any atom is 0.264 e. The van der Waals surface area contributed by atoms with Crippen LogP contribution in [0, 0.1) is 13.8 Å². The third-order valence-electron chi connectivity index (χ3n) is 6.16. The smallest absolute Gasteiger partial charge is 0.264 e. The van der Waals surface area contributed by atoms with Crippen LogP contribution in [0.1, 0.15) is 41.8 Å². The lowest BCUT2D eigenvalue weighted by Gasteiger charge is -2.19. The molecule has 4 aromatic rings. The summed E-state index contributed by atoms with van der Waals surface area (Å²) in [5.41, 5.74) is 3.88. The molecule has 0 aliphatic carbocycles. The SMILES string of the molecule is CCOc1cccc([C@H](CC(=O)NS(=O)(=O)c2cccc3nc(C)ccc23)Cc2cc(C)ccc2OC)n1. The van der Waals surface area contributed by atoms with E-state index in [-0.39, 0.29) is 11.3 Å². The van der Waals surface area contributed by atoms with Gasteiger partial charge in [0, 0.05) is 35.2 Å². The minimum Gasteiger partial charge on any atom is -0.496 e. The molecule has 0 spiro atoms. The molecule has 0 unspecified atom stereocenters. The van der Waals surface area contributed by atoms with Gasteiger partial charge in [-0.1, -0.05) is 29.8 Å². The first-order valence-corrected chi connectivity index (χ1v) is 13.8. The van der Waals surface area contributed by atoms with Crippen LogP contribution < -0.4 is 14.2 Å². The summed E-state index contributed by atoms with van der Waals surface area (Å²) in [4.78, 5) is 22.2. The second kappa shape index (κ2) is 11.6. The average molecular weight is 534 g/mol. The number of hydrogen-bond donors (Lipinski definition) is 1. The Hall–Kier alpha value is -3.98. The Morgan fingerprint density at radius 2 is 1.79 bits per heavy atom. The standard InChI is InChI=1S/C29H31N3O5S/c1-5-37-29-11-7-8-24(31-29)21(17-22-16-19(2)12-15-26(22)36-4)18-28(33)32-38(34,35)27-10-6-9-25-23(27)14-13-20(3)30-25/h6-16,21H,5,17-18H2,1-4H3,(H,32,33)/t21-/m0/s1. The molecule has 9 heteroatoms. The number of ether oxygens (including phenoxy) is 2. The van der Waals surface area contributed by atoms with Gasteiger partial charge >= 0.3 is 0 Å². The van der Waals surface area contributed by atoms with Gasteiger partial charge in [0.15, 0.2) is 0 Å². The van der Waals surface area contributed by atoms with E-state index in [9.17, 15) is 13.2 Å². The third kappa shape index (κ3) is 6.28. The minimum atomic E-state index is -4.15. The molecule has 8 nitrogen and oxygen atoms in total. The van der Waals surface area contributed by atoms with E-state index in [4.69, 9.17) is 9.47 Å². The van der Waals surface area contributed by atoms with Crippen molar-refractivity contribution in [2.45, 2.75) is 44.4 Å². The average Bonchev–Trinajstić information content (AvgIpc) is 2.88. The quantitative estimate of drug-likeness (QED) is 0.310. The first-order valence-electron chi connectivity index (χ1n) is 12.4. The molecule has 0 radical (unpaired) electrons. The Kier molecular flexibility index (Phi) is 8.26. The molecule has 0 aliphatic rings. The van der Waals surface area contributed by atoms with Crippen LogP contribution in [0.3, 0.4) is 0 Å². The van der Waals surface area contributed by atoms with Crippen molar-refractivity contribution in [3.05, 3.63) is 89.2 Å². The summed E-state index contributed by atoms with van der Waals surface area (Å²) in [6.45, 7) is 6.13. The van der Waals surface area contributed by atoms with Gasteiger partial charge < -0.3 is 9.47 Å². The lowest BCUT2D eigenvalue weighted by molar-refractivity contribution is -0.119. The Labute approximate surface area is 223 Å². The van der Waals surface area contributed by atoms with E-state index in [1.807, 2.05) is 51.1 Å². The van der Waals surface area contributed by atoms with Gasteiger partial charge in [-0.05, 0) is 69.2 Å². The van der Waals surface area contributed by atoms with Crippen LogP contribution in [-0.2, 0) is 21.2 Å². The fourth-order valence-electron chi connectivity index (χ4n) is 4.43. The summed E-state index contributed by atoms with van der Waals surface area (Å²) in [5.74, 6) is 0.0615. The highest BCUT2D eigenvalue weighted by molar-refractivity contribution is 7.90. The fraction of sp³-hybridized carbons (Fsp3) is 0.276. The monoisotopic (exact) mass is 533 g/mol. The first kappa shape index (κ1) is 27.1. The number of sulfonamides is 1. The predicted molar refractivity (Wildman–Crippen MR) is 146 cm³/mol. The lowest BCUT2D eigenvalue weighted by Crippen LogP contribution is -2.32. The van der Waals surface area contributed by atoms with Crippen molar-refractivity contribution in [2.75, 3.05) is 13.7 Å². The Morgan fingerprint density at radius 3 is 2.55 bits per heavy atom. The molecule has 0 saturated heterocycles. The number of benzene rings is 2. The molecular weight excluding hydrogens is 502 g/mol. The molecule has 0 fully saturated rings. The molecule has 0 aliphatic heterocycles. The van der Waals surface area contributed by atoms with Gasteiger partial charge in [-0.15, -0.1) is 0 Å². The summed E-state index contributed by atoms with van der Waals surface area (Å²) in [7, 11) is -2.55. The van der Waals surface area contributed by atoms with Crippen LogP contribution >= 0.6 is 0 Å². The van der Waals surface area contributed by atoms with Crippen molar-refractivity contribution in [3.8, 4) is 11.6 Å². The second-order valence-corrected chi connectivity index (χ2v) is 10.7. The highest BCUT2D eigenvalue weighted by Crippen LogP contribution is 2.30. The van der Waals surface area contributed by atoms with Crippen LogP contribution in [0.25, 0.3) is 10.9 Å². The summed E-state index contributed by atoms with van der Waals surface area (Å²) in [6, 6.07) is 19.5. The van der Waals surface area contributed by atoms with Crippen molar-refractivity contribution in [1.29, 1.82) is 0 Å². The fourth-order valence-corrected chi connectivity index (χ4v) is 5.65. The predicted octanol–water partition coefficient (Wildman–Crippen LogP) is 4.88. The van der Waals surface area contributed by atoms with Crippen LogP contribution in [0.5, 0.6) is 11.6 Å². The molecule has 2 aromatic heterocycles. The molecule has 2 heterocycles. The number of carbonyl (C=O) groups excluding carboxylic acids is 1. The maximum atomic E-state index is 13.3. The summed E-state index contributed by atoms with van der Waals surface area (Å²) in [6.07, 6.45) is 0.305. The van der Waals surface area contributed by atoms with Gasteiger partial charge in [0.05, 0.1) is 24.1 Å². The van der Waals surface area contributed by atoms with Crippen LogP contribution in [0.15, 0.2) is 71.6 Å². The topological polar surface area (TPSA) is 107 Å². The van der Waals surface area contributed by atoms with Gasteiger partial charge in [0.2, 0.25) is 11.8 Å². The van der Waals surface area contributed by atoms with Crippen molar-refractivity contribution in [1.82, 2.24) is 14.7 Å². The minimum absolute atomic E-state index is 0.00391. The molecule has 1 amide bonds. The van der Waals surface area contributed by atoms with E-state index in [0.717, 1.165) is 16.8 Å². The number of nitrogens with zero attached hydrogens (tertiary/aromatic N) is 2. The number of carbonyl (C=O) groups is 1. The molecule has 1 atom stereocenters. The van der Waals surface area contributed by atoms with E-state index >= 15 is 0 Å². The normalized spacial score (nSPS) is 12.2. The highest BCUT2D eigenvalue weighted by atomic mass is 32.2. The Bertz CT molecular complexity index is 1570. The van der Waals surface area contributed by atoms with Gasteiger partial charge in [-0.2, -0.15) is 0 Å². The number of fused-ring (bicyclic) bond motifs is 1. The van der Waals surface area contributed by atoms with Gasteiger partial charge in [-0.3, -0.25) is 9.78 Å². The largest absolute Gasteiger partial charge is 0.496 e. The third-order valence-corrected chi connectivity index (χ3v) is 7.59. The number of pyridine rings is 2. The number of amides is 1. The number of aryl methyl sites for hydroxylation is 2. The van der Waals surface area contributed by atoms with Crippen LogP contribution in [0.2, 0.25) is 0 Å². The summed E-state index contributed by atoms with van der Waals surface area (Å²) >= 11 is 0. The molecule has 0 bridgehead atoms. The number of nitrogens with one attached hydrogen (secondary N) is 1. The van der Waals surface area contributed by atoms with E-state index in [1.54, 1.807) is 37.4 Å². The lowest BCUT2D eigenvalue weighted by atomic mass is 9.91. The Balaban J connectivity index is 1.64. The number of hydrogen-bond acceptors (Lipinski definition) is 7. The molecule has 38 heavy (non-hydrogen) atoms. The summed E-state index contributed by atoms with van der Waals surface area (Å²) < 4.78 is 39.9. The highest BCUT2D eigenvalue weighted by Gasteiger charge is 2.25. The second-order valence-electron chi connectivity index (χ2n) is 9.06. The zero-order valence-electron chi connectivity index (χ0n) is 21.9. The number of rotatable bonds is 10. The molecule has 1 N–H and O–H groups in total. The van der Waals surface area contributed by atoms with Crippen LogP contribution in [0.4, 0.5) is 0 Å². The zero-order valence-corrected chi connectivity index (χ0v) is 22.7. The van der Waals surface area contributed by atoms with E-state index < -0.39 is 21.8 Å². The van der Waals surface area contributed by atoms with E-state index in [0.29, 0.717) is 41.3 Å². The number of methoxy groups -OCH3 is 1. The summed E-state index contributed by atoms with van der Waals surface area (Å²) in [5, 5.41) is 0.450. The van der Waals surface area contributed by atoms with Gasteiger partial charge in [0.1, 0.15) is 5.75 Å². The molecule has 2 aromatic carbocycles. The van der Waals surface area contributed by atoms with E-state index in [1.165, 1.54) is 6.07 Å². The van der Waals surface area contributed by atoms with Gasteiger partial charge in [-0.25, -0.2) is 18.1 Å². The van der Waals surface area contributed by atoms with E-state index in [2.05, 4.69) is 14.7 Å². The molecule has 4 rings (SSSR count). The van der Waals surface area contributed by atoms with Crippen molar-refractivity contribution in [3.63, 3.8) is 0 Å². The van der Waals surface area contributed by atoms with Crippen molar-refractivity contribution in [2.24, 2.45) is 0 Å². The number of aromatic nitrogens is 2. The molecular formula is C29H31N3O5S. The maximum absolute atomic E-state index is 13.3. The van der Waals surface area contributed by atoms with Crippen molar-refractivity contribution >= 4 is 26.8 Å². The van der Waals surface area contributed by atoms with Gasteiger partial charge in [0.25, 0.3) is 10.0 Å². The molecule has 0 saturated carbocycles. The first-order chi connectivity index (χ1) is 18.2. The van der Waals surface area contributed by atoms with Crippen molar-refractivity contribution < 1.29 is 22.7 Å². The molecule has 198 valence electrons. The Morgan fingerprint density at radius 1 is 1.00 bits per heavy atom.